The number of H-pyrrole nitrogens is 1. The lowest BCUT2D eigenvalue weighted by Crippen LogP contribution is -2.25. The van der Waals surface area contributed by atoms with E-state index < -0.39 is 0 Å². The number of fused-ring (bicyclic) bond motifs is 1. The van der Waals surface area contributed by atoms with Crippen LogP contribution in [0.2, 0.25) is 0 Å². The number of carbonyl (C=O) groups excluding carboxylic acids is 1. The van der Waals surface area contributed by atoms with Gasteiger partial charge in [-0.15, -0.1) is 0 Å². The molecule has 76 valence electrons. The molecule has 1 heterocycles. The Labute approximate surface area is 83.1 Å². The van der Waals surface area contributed by atoms with E-state index in [9.17, 15) is 4.79 Å². The van der Waals surface area contributed by atoms with Crippen molar-refractivity contribution < 1.29 is 4.79 Å². The number of rotatable bonds is 3. The van der Waals surface area contributed by atoms with Gasteiger partial charge >= 0.3 is 0 Å². The third-order valence-corrected chi connectivity index (χ3v) is 2.56. The maximum atomic E-state index is 11.6. The number of aromatic nitrogens is 2. The number of aryl methyl sites for hydroxylation is 1. The second-order valence-electron chi connectivity index (χ2n) is 3.64. The van der Waals surface area contributed by atoms with Crippen LogP contribution in [0, 0.1) is 0 Å². The summed E-state index contributed by atoms with van der Waals surface area (Å²) in [7, 11) is 0. The largest absolute Gasteiger partial charge is 0.351 e. The lowest BCUT2D eigenvalue weighted by Gasteiger charge is -2.01. The molecule has 0 bridgehead atoms. The first-order valence-electron chi connectivity index (χ1n) is 5.17. The minimum atomic E-state index is -0.0359. The molecule has 0 aromatic carbocycles. The molecule has 1 aliphatic carbocycles. The van der Waals surface area contributed by atoms with E-state index in [-0.39, 0.29) is 5.91 Å². The van der Waals surface area contributed by atoms with Gasteiger partial charge in [0.25, 0.3) is 5.91 Å². The summed E-state index contributed by atoms with van der Waals surface area (Å²) in [5, 5.41) is 9.83. The van der Waals surface area contributed by atoms with Crippen LogP contribution in [0.5, 0.6) is 0 Å². The maximum Gasteiger partial charge on any atom is 0.272 e. The molecule has 4 heteroatoms. The molecule has 2 rings (SSSR count). The summed E-state index contributed by atoms with van der Waals surface area (Å²) in [6.07, 6.45) is 4.11. The molecule has 0 radical (unpaired) electrons. The SMILES string of the molecule is CCCNC(=O)c1n[nH]c2c1CCC2. The zero-order chi connectivity index (χ0) is 9.97. The number of aromatic amines is 1. The first-order chi connectivity index (χ1) is 6.83. The fraction of sp³-hybridized carbons (Fsp3) is 0.600. The van der Waals surface area contributed by atoms with Crippen molar-refractivity contribution in [2.24, 2.45) is 0 Å². The van der Waals surface area contributed by atoms with Gasteiger partial charge < -0.3 is 5.32 Å². The van der Waals surface area contributed by atoms with Crippen LogP contribution in [-0.2, 0) is 12.8 Å². The minimum absolute atomic E-state index is 0.0359. The quantitative estimate of drug-likeness (QED) is 0.753. The van der Waals surface area contributed by atoms with E-state index in [4.69, 9.17) is 0 Å². The number of carbonyl (C=O) groups is 1. The van der Waals surface area contributed by atoms with Crippen molar-refractivity contribution in [3.05, 3.63) is 17.0 Å². The Hall–Kier alpha value is -1.32. The van der Waals surface area contributed by atoms with Crippen molar-refractivity contribution in [1.82, 2.24) is 15.5 Å². The molecule has 0 fully saturated rings. The zero-order valence-electron chi connectivity index (χ0n) is 8.39. The van der Waals surface area contributed by atoms with Crippen molar-refractivity contribution in [3.8, 4) is 0 Å². The van der Waals surface area contributed by atoms with Crippen molar-refractivity contribution in [2.75, 3.05) is 6.54 Å². The minimum Gasteiger partial charge on any atom is -0.351 e. The van der Waals surface area contributed by atoms with Gasteiger partial charge in [0.05, 0.1) is 0 Å². The van der Waals surface area contributed by atoms with E-state index in [2.05, 4.69) is 15.5 Å². The lowest BCUT2D eigenvalue weighted by atomic mass is 10.2. The van der Waals surface area contributed by atoms with Gasteiger partial charge in [-0.3, -0.25) is 9.89 Å². The standard InChI is InChI=1S/C10H15N3O/c1-2-6-11-10(14)9-7-4-3-5-8(7)12-13-9/h2-6H2,1H3,(H,11,14)(H,12,13). The van der Waals surface area contributed by atoms with Crippen molar-refractivity contribution in [3.63, 3.8) is 0 Å². The number of nitrogens with zero attached hydrogens (tertiary/aromatic N) is 1. The van der Waals surface area contributed by atoms with Gasteiger partial charge in [0, 0.05) is 17.8 Å². The number of nitrogens with one attached hydrogen (secondary N) is 2. The Bertz CT molecular complexity index is 343. The van der Waals surface area contributed by atoms with E-state index in [1.165, 1.54) is 0 Å². The van der Waals surface area contributed by atoms with Crippen LogP contribution in [0.4, 0.5) is 0 Å². The summed E-state index contributed by atoms with van der Waals surface area (Å²) in [4.78, 5) is 11.6. The molecule has 0 unspecified atom stereocenters. The third kappa shape index (κ3) is 1.52. The molecule has 1 amide bonds. The van der Waals surface area contributed by atoms with Gasteiger partial charge in [-0.25, -0.2) is 0 Å². The topological polar surface area (TPSA) is 57.8 Å². The predicted molar refractivity (Wildman–Crippen MR) is 53.2 cm³/mol. The summed E-state index contributed by atoms with van der Waals surface area (Å²) in [6.45, 7) is 2.76. The average molecular weight is 193 g/mol. The van der Waals surface area contributed by atoms with E-state index in [1.807, 2.05) is 6.92 Å². The normalized spacial score (nSPS) is 14.1. The predicted octanol–water partition coefficient (Wildman–Crippen LogP) is 1.04. The smallest absolute Gasteiger partial charge is 0.272 e. The Balaban J connectivity index is 2.12. The molecular formula is C10H15N3O. The molecule has 0 aliphatic heterocycles. The van der Waals surface area contributed by atoms with Crippen LogP contribution in [0.1, 0.15) is 41.5 Å². The average Bonchev–Trinajstić information content (AvgIpc) is 2.74. The Kier molecular flexibility index (Phi) is 2.52. The molecule has 0 atom stereocenters. The van der Waals surface area contributed by atoms with E-state index in [0.29, 0.717) is 5.69 Å². The van der Waals surface area contributed by atoms with Gasteiger partial charge in [0.15, 0.2) is 5.69 Å². The highest BCUT2D eigenvalue weighted by Gasteiger charge is 2.22. The fourth-order valence-corrected chi connectivity index (χ4v) is 1.83. The molecule has 14 heavy (non-hydrogen) atoms. The Morgan fingerprint density at radius 1 is 1.57 bits per heavy atom. The highest BCUT2D eigenvalue weighted by atomic mass is 16.1. The second-order valence-corrected chi connectivity index (χ2v) is 3.64. The molecule has 2 N–H and O–H groups in total. The molecule has 1 aromatic heterocycles. The zero-order valence-corrected chi connectivity index (χ0v) is 8.39. The molecule has 0 saturated carbocycles. The van der Waals surface area contributed by atoms with Crippen LogP contribution in [0.3, 0.4) is 0 Å². The summed E-state index contributed by atoms with van der Waals surface area (Å²) in [6, 6.07) is 0. The Morgan fingerprint density at radius 2 is 2.43 bits per heavy atom. The van der Waals surface area contributed by atoms with Gasteiger partial charge in [-0.2, -0.15) is 5.10 Å². The van der Waals surface area contributed by atoms with Crippen LogP contribution >= 0.6 is 0 Å². The summed E-state index contributed by atoms with van der Waals surface area (Å²) < 4.78 is 0. The summed E-state index contributed by atoms with van der Waals surface area (Å²) >= 11 is 0. The number of hydrogen-bond acceptors (Lipinski definition) is 2. The highest BCUT2D eigenvalue weighted by molar-refractivity contribution is 5.94. The molecule has 0 spiro atoms. The maximum absolute atomic E-state index is 11.6. The van der Waals surface area contributed by atoms with Crippen LogP contribution in [0.15, 0.2) is 0 Å². The first-order valence-corrected chi connectivity index (χ1v) is 5.17. The van der Waals surface area contributed by atoms with Gasteiger partial charge in [0.2, 0.25) is 0 Å². The highest BCUT2D eigenvalue weighted by Crippen LogP contribution is 2.22. The first kappa shape index (κ1) is 9.24. The second kappa shape index (κ2) is 3.82. The molecule has 0 saturated heterocycles. The van der Waals surface area contributed by atoms with Crippen molar-refractivity contribution >= 4 is 5.91 Å². The van der Waals surface area contributed by atoms with E-state index >= 15 is 0 Å². The number of amides is 1. The van der Waals surface area contributed by atoms with Crippen LogP contribution in [0.25, 0.3) is 0 Å². The van der Waals surface area contributed by atoms with E-state index in [0.717, 1.165) is 43.5 Å². The lowest BCUT2D eigenvalue weighted by molar-refractivity contribution is 0.0948. The molecule has 1 aliphatic rings. The van der Waals surface area contributed by atoms with Crippen LogP contribution < -0.4 is 5.32 Å². The van der Waals surface area contributed by atoms with E-state index in [1.54, 1.807) is 0 Å². The molecule has 4 nitrogen and oxygen atoms in total. The third-order valence-electron chi connectivity index (χ3n) is 2.56. The summed E-state index contributed by atoms with van der Waals surface area (Å²) in [5.74, 6) is -0.0359. The molecular weight excluding hydrogens is 178 g/mol. The van der Waals surface area contributed by atoms with Gasteiger partial charge in [-0.05, 0) is 25.7 Å². The van der Waals surface area contributed by atoms with Crippen molar-refractivity contribution in [2.45, 2.75) is 32.6 Å². The van der Waals surface area contributed by atoms with Crippen molar-refractivity contribution in [1.29, 1.82) is 0 Å². The fourth-order valence-electron chi connectivity index (χ4n) is 1.83. The Morgan fingerprint density at radius 3 is 3.21 bits per heavy atom. The van der Waals surface area contributed by atoms with Gasteiger partial charge in [-0.1, -0.05) is 6.92 Å². The molecule has 1 aromatic rings. The van der Waals surface area contributed by atoms with Gasteiger partial charge in [0.1, 0.15) is 0 Å². The van der Waals surface area contributed by atoms with Crippen LogP contribution in [-0.4, -0.2) is 22.6 Å². The monoisotopic (exact) mass is 193 g/mol. The summed E-state index contributed by atoms with van der Waals surface area (Å²) in [5.41, 5.74) is 2.87. The number of hydrogen-bond donors (Lipinski definition) is 2.